The molecule has 3 nitrogen and oxygen atoms in total. The van der Waals surface area contributed by atoms with E-state index in [1.807, 2.05) is 6.92 Å². The number of nitrogen functional groups attached to an aromatic ring is 1. The lowest BCUT2D eigenvalue weighted by Crippen LogP contribution is -2.15. The number of carbonyl (C=O) groups is 1. The molecule has 0 fully saturated rings. The minimum atomic E-state index is -0.781. The third-order valence-electron chi connectivity index (χ3n) is 2.35. The first-order valence-electron chi connectivity index (χ1n) is 5.49. The third-order valence-corrected chi connectivity index (χ3v) is 3.92. The van der Waals surface area contributed by atoms with Crippen molar-refractivity contribution in [2.24, 2.45) is 0 Å². The van der Waals surface area contributed by atoms with Crippen molar-refractivity contribution in [2.75, 3.05) is 5.73 Å². The zero-order valence-corrected chi connectivity index (χ0v) is 11.2. The Balaban J connectivity index is 2.71. The number of rotatable bonds is 6. The molecule has 94 valence electrons. The molecular weight excluding hydrogens is 258 g/mol. The zero-order valence-electron chi connectivity index (χ0n) is 9.65. The minimum absolute atomic E-state index is 0.422. The maximum Gasteiger partial charge on any atom is 0.316 e. The van der Waals surface area contributed by atoms with E-state index in [0.717, 1.165) is 17.7 Å². The summed E-state index contributed by atoms with van der Waals surface area (Å²) in [6.07, 6.45) is 2.57. The van der Waals surface area contributed by atoms with Crippen molar-refractivity contribution < 1.29 is 9.90 Å². The Morgan fingerprint density at radius 2 is 2.29 bits per heavy atom. The van der Waals surface area contributed by atoms with Gasteiger partial charge in [-0.2, -0.15) is 0 Å². The highest BCUT2D eigenvalue weighted by Crippen LogP contribution is 2.31. The number of anilines is 1. The van der Waals surface area contributed by atoms with Crippen molar-refractivity contribution >= 4 is 35.0 Å². The van der Waals surface area contributed by atoms with Crippen LogP contribution in [-0.2, 0) is 4.79 Å². The summed E-state index contributed by atoms with van der Waals surface area (Å²) in [6.45, 7) is 2.05. The predicted octanol–water partition coefficient (Wildman–Crippen LogP) is 3.66. The first-order chi connectivity index (χ1) is 8.04. The second-order valence-corrected chi connectivity index (χ2v) is 5.45. The number of halogens is 1. The molecule has 0 saturated heterocycles. The largest absolute Gasteiger partial charge is 0.480 e. The number of unbranched alkanes of at least 4 members (excludes halogenated alkanes) is 1. The van der Waals surface area contributed by atoms with Gasteiger partial charge in [0, 0.05) is 4.90 Å². The predicted molar refractivity (Wildman–Crippen MR) is 72.7 cm³/mol. The van der Waals surface area contributed by atoms with Gasteiger partial charge < -0.3 is 10.8 Å². The third kappa shape index (κ3) is 4.48. The van der Waals surface area contributed by atoms with E-state index in [9.17, 15) is 4.79 Å². The Morgan fingerprint density at radius 3 is 2.82 bits per heavy atom. The molecule has 1 unspecified atom stereocenters. The number of thioether (sulfide) groups is 1. The highest BCUT2D eigenvalue weighted by Gasteiger charge is 2.18. The highest BCUT2D eigenvalue weighted by molar-refractivity contribution is 8.00. The first-order valence-corrected chi connectivity index (χ1v) is 6.74. The molecule has 0 heterocycles. The molecule has 0 saturated carbocycles. The monoisotopic (exact) mass is 273 g/mol. The molecule has 0 amide bonds. The highest BCUT2D eigenvalue weighted by atomic mass is 35.5. The van der Waals surface area contributed by atoms with Gasteiger partial charge in [-0.3, -0.25) is 4.79 Å². The molecule has 1 aromatic rings. The van der Waals surface area contributed by atoms with E-state index in [1.165, 1.54) is 11.8 Å². The molecule has 3 N–H and O–H groups in total. The van der Waals surface area contributed by atoms with Gasteiger partial charge in [-0.1, -0.05) is 31.4 Å². The summed E-state index contributed by atoms with van der Waals surface area (Å²) >= 11 is 7.22. The van der Waals surface area contributed by atoms with Crippen LogP contribution in [0.2, 0.25) is 5.02 Å². The lowest BCUT2D eigenvalue weighted by atomic mass is 10.2. The molecule has 17 heavy (non-hydrogen) atoms. The standard InChI is InChI=1S/C12H16ClNO2S/c1-2-3-4-11(12(15)16)17-8-5-6-10(14)9(13)7-8/h5-7,11H,2-4,14H2,1H3,(H,15,16). The molecule has 0 aliphatic carbocycles. The number of benzene rings is 1. The van der Waals surface area contributed by atoms with Gasteiger partial charge in [-0.15, -0.1) is 11.8 Å². The van der Waals surface area contributed by atoms with Gasteiger partial charge in [0.15, 0.2) is 0 Å². The van der Waals surface area contributed by atoms with Gasteiger partial charge in [0.1, 0.15) is 5.25 Å². The lowest BCUT2D eigenvalue weighted by molar-refractivity contribution is -0.136. The van der Waals surface area contributed by atoms with E-state index in [1.54, 1.807) is 18.2 Å². The van der Waals surface area contributed by atoms with Crippen LogP contribution in [0, 0.1) is 0 Å². The number of hydrogen-bond acceptors (Lipinski definition) is 3. The quantitative estimate of drug-likeness (QED) is 0.613. The fraction of sp³-hybridized carbons (Fsp3) is 0.417. The lowest BCUT2D eigenvalue weighted by Gasteiger charge is -2.12. The summed E-state index contributed by atoms with van der Waals surface area (Å²) < 4.78 is 0. The Kier molecular flexibility index (Phi) is 5.65. The number of aliphatic carboxylic acids is 1. The van der Waals surface area contributed by atoms with E-state index >= 15 is 0 Å². The molecule has 0 aliphatic heterocycles. The summed E-state index contributed by atoms with van der Waals surface area (Å²) in [4.78, 5) is 11.9. The van der Waals surface area contributed by atoms with Crippen LogP contribution in [-0.4, -0.2) is 16.3 Å². The van der Waals surface area contributed by atoms with Gasteiger partial charge in [-0.05, 0) is 24.6 Å². The van der Waals surface area contributed by atoms with Crippen molar-refractivity contribution in [2.45, 2.75) is 36.3 Å². The van der Waals surface area contributed by atoms with Crippen LogP contribution in [0.25, 0.3) is 0 Å². The molecule has 1 aromatic carbocycles. The minimum Gasteiger partial charge on any atom is -0.480 e. The van der Waals surface area contributed by atoms with Crippen LogP contribution >= 0.6 is 23.4 Å². The van der Waals surface area contributed by atoms with Crippen molar-refractivity contribution in [1.82, 2.24) is 0 Å². The van der Waals surface area contributed by atoms with Crippen molar-refractivity contribution in [3.63, 3.8) is 0 Å². The van der Waals surface area contributed by atoms with Gasteiger partial charge in [0.25, 0.3) is 0 Å². The van der Waals surface area contributed by atoms with Gasteiger partial charge in [-0.25, -0.2) is 0 Å². The van der Waals surface area contributed by atoms with E-state index < -0.39 is 11.2 Å². The molecule has 0 spiro atoms. The molecule has 0 radical (unpaired) electrons. The van der Waals surface area contributed by atoms with Crippen molar-refractivity contribution in [1.29, 1.82) is 0 Å². The van der Waals surface area contributed by atoms with Crippen molar-refractivity contribution in [3.05, 3.63) is 23.2 Å². The number of carboxylic acids is 1. The Hall–Kier alpha value is -0.870. The number of nitrogens with two attached hydrogens (primary N) is 1. The maximum absolute atomic E-state index is 11.1. The summed E-state index contributed by atoms with van der Waals surface area (Å²) in [7, 11) is 0. The van der Waals surface area contributed by atoms with E-state index in [0.29, 0.717) is 17.1 Å². The SMILES string of the molecule is CCCCC(Sc1ccc(N)c(Cl)c1)C(=O)O. The first kappa shape index (κ1) is 14.2. The summed E-state index contributed by atoms with van der Waals surface area (Å²) in [5.74, 6) is -0.781. The average Bonchev–Trinajstić information content (AvgIpc) is 2.28. The van der Waals surface area contributed by atoms with E-state index in [-0.39, 0.29) is 0 Å². The van der Waals surface area contributed by atoms with Crippen LogP contribution < -0.4 is 5.73 Å². The average molecular weight is 274 g/mol. The summed E-state index contributed by atoms with van der Waals surface area (Å²) in [5, 5.41) is 9.15. The second-order valence-electron chi connectivity index (χ2n) is 3.77. The van der Waals surface area contributed by atoms with E-state index in [4.69, 9.17) is 22.4 Å². The molecule has 1 rings (SSSR count). The topological polar surface area (TPSA) is 63.3 Å². The molecule has 0 aromatic heterocycles. The van der Waals surface area contributed by atoms with Crippen molar-refractivity contribution in [3.8, 4) is 0 Å². The molecule has 0 bridgehead atoms. The number of hydrogen-bond donors (Lipinski definition) is 2. The Bertz CT molecular complexity index is 398. The second kappa shape index (κ2) is 6.77. The van der Waals surface area contributed by atoms with Crippen LogP contribution in [0.4, 0.5) is 5.69 Å². The van der Waals surface area contributed by atoms with Gasteiger partial charge in [0.2, 0.25) is 0 Å². The van der Waals surface area contributed by atoms with Crippen LogP contribution in [0.1, 0.15) is 26.2 Å². The zero-order chi connectivity index (χ0) is 12.8. The fourth-order valence-electron chi connectivity index (χ4n) is 1.37. The fourth-order valence-corrected chi connectivity index (χ4v) is 2.66. The Labute approximate surface area is 110 Å². The molecule has 5 heteroatoms. The number of carboxylic acid groups (broad SMARTS) is 1. The Morgan fingerprint density at radius 1 is 1.59 bits per heavy atom. The summed E-state index contributed by atoms with van der Waals surface area (Å²) in [5.41, 5.74) is 6.11. The van der Waals surface area contributed by atoms with E-state index in [2.05, 4.69) is 0 Å². The molecular formula is C12H16ClNO2S. The van der Waals surface area contributed by atoms with Crippen LogP contribution in [0.15, 0.2) is 23.1 Å². The maximum atomic E-state index is 11.1. The molecule has 0 aliphatic rings. The smallest absolute Gasteiger partial charge is 0.316 e. The molecule has 1 atom stereocenters. The van der Waals surface area contributed by atoms with Gasteiger partial charge in [0.05, 0.1) is 10.7 Å². The summed E-state index contributed by atoms with van der Waals surface area (Å²) in [6, 6.07) is 5.21. The van der Waals surface area contributed by atoms with Crippen LogP contribution in [0.5, 0.6) is 0 Å². The van der Waals surface area contributed by atoms with Crippen LogP contribution in [0.3, 0.4) is 0 Å². The van der Waals surface area contributed by atoms with Gasteiger partial charge >= 0.3 is 5.97 Å². The normalized spacial score (nSPS) is 12.4.